The summed E-state index contributed by atoms with van der Waals surface area (Å²) in [5.74, 6) is 0. The summed E-state index contributed by atoms with van der Waals surface area (Å²) in [6, 6.07) is 8.17. The summed E-state index contributed by atoms with van der Waals surface area (Å²) < 4.78 is 5.38. The van der Waals surface area contributed by atoms with Crippen molar-refractivity contribution >= 4 is 25.0 Å². The molecule has 0 aliphatic carbocycles. The average molecular weight is 279 g/mol. The standard InChI is InChI=1S/C15H25NO2Si/c1-15(2,3)18-14(17)16(4)12-9-8-10-13(11-12)19(5,6)7/h8-11H,1-7H3. The fourth-order valence-electron chi connectivity index (χ4n) is 1.62. The minimum Gasteiger partial charge on any atom is -0.443 e. The van der Waals surface area contributed by atoms with Gasteiger partial charge in [-0.2, -0.15) is 0 Å². The number of anilines is 1. The monoisotopic (exact) mass is 279 g/mol. The molecule has 106 valence electrons. The highest BCUT2D eigenvalue weighted by atomic mass is 28.3. The summed E-state index contributed by atoms with van der Waals surface area (Å²) in [5, 5.41) is 1.33. The number of ether oxygens (including phenoxy) is 1. The first-order valence-electron chi connectivity index (χ1n) is 6.58. The van der Waals surface area contributed by atoms with Crippen molar-refractivity contribution in [3.63, 3.8) is 0 Å². The van der Waals surface area contributed by atoms with Gasteiger partial charge in [-0.05, 0) is 32.9 Å². The fraction of sp³-hybridized carbons (Fsp3) is 0.533. The topological polar surface area (TPSA) is 29.5 Å². The molecule has 0 N–H and O–H groups in total. The van der Waals surface area contributed by atoms with E-state index in [2.05, 4.69) is 31.8 Å². The maximum Gasteiger partial charge on any atom is 0.414 e. The zero-order chi connectivity index (χ0) is 14.8. The third-order valence-corrected chi connectivity index (χ3v) is 4.81. The molecule has 1 rings (SSSR count). The first-order valence-corrected chi connectivity index (χ1v) is 10.1. The van der Waals surface area contributed by atoms with Crippen LogP contribution < -0.4 is 10.1 Å². The predicted octanol–water partition coefficient (Wildman–Crippen LogP) is 3.60. The van der Waals surface area contributed by atoms with Crippen LogP contribution in [0.5, 0.6) is 0 Å². The molecule has 0 spiro atoms. The minimum absolute atomic E-state index is 0.319. The SMILES string of the molecule is CN(C(=O)OC(C)(C)C)c1cccc([Si](C)(C)C)c1. The van der Waals surface area contributed by atoms with E-state index in [-0.39, 0.29) is 6.09 Å². The zero-order valence-corrected chi connectivity index (χ0v) is 14.1. The molecule has 0 aliphatic rings. The lowest BCUT2D eigenvalue weighted by molar-refractivity contribution is 0.0589. The molecule has 0 heterocycles. The van der Waals surface area contributed by atoms with E-state index in [9.17, 15) is 4.79 Å². The van der Waals surface area contributed by atoms with E-state index < -0.39 is 13.7 Å². The van der Waals surface area contributed by atoms with Crippen molar-refractivity contribution in [2.75, 3.05) is 11.9 Å². The van der Waals surface area contributed by atoms with Crippen LogP contribution in [0.4, 0.5) is 10.5 Å². The largest absolute Gasteiger partial charge is 0.443 e. The Morgan fingerprint density at radius 1 is 1.21 bits per heavy atom. The third-order valence-electron chi connectivity index (χ3n) is 2.77. The Hall–Kier alpha value is -1.29. The van der Waals surface area contributed by atoms with Gasteiger partial charge in [0.1, 0.15) is 5.60 Å². The normalized spacial score (nSPS) is 12.2. The summed E-state index contributed by atoms with van der Waals surface area (Å²) in [7, 11) is 0.376. The van der Waals surface area contributed by atoms with E-state index in [1.54, 1.807) is 11.9 Å². The lowest BCUT2D eigenvalue weighted by Gasteiger charge is -2.26. The van der Waals surface area contributed by atoms with E-state index in [0.717, 1.165) is 5.69 Å². The minimum atomic E-state index is -1.37. The first-order chi connectivity index (χ1) is 8.50. The Labute approximate surface area is 117 Å². The molecular weight excluding hydrogens is 254 g/mol. The van der Waals surface area contributed by atoms with Crippen LogP contribution in [0.15, 0.2) is 24.3 Å². The molecule has 0 fully saturated rings. The number of amides is 1. The number of hydrogen-bond acceptors (Lipinski definition) is 2. The lowest BCUT2D eigenvalue weighted by atomic mass is 10.2. The van der Waals surface area contributed by atoms with Crippen LogP contribution in [0.3, 0.4) is 0 Å². The van der Waals surface area contributed by atoms with Crippen molar-refractivity contribution in [3.05, 3.63) is 24.3 Å². The Kier molecular flexibility index (Phi) is 4.45. The van der Waals surface area contributed by atoms with Gasteiger partial charge in [-0.25, -0.2) is 4.79 Å². The molecule has 19 heavy (non-hydrogen) atoms. The van der Waals surface area contributed by atoms with E-state index in [1.165, 1.54) is 5.19 Å². The molecule has 0 aromatic heterocycles. The summed E-state index contributed by atoms with van der Waals surface area (Å²) in [5.41, 5.74) is 0.413. The molecule has 1 aromatic rings. The molecule has 1 aromatic carbocycles. The second-order valence-electron chi connectivity index (χ2n) is 6.84. The Bertz CT molecular complexity index is 458. The smallest absolute Gasteiger partial charge is 0.414 e. The summed E-state index contributed by atoms with van der Waals surface area (Å²) in [4.78, 5) is 13.6. The van der Waals surface area contributed by atoms with Crippen molar-refractivity contribution in [3.8, 4) is 0 Å². The average Bonchev–Trinajstić information content (AvgIpc) is 2.24. The number of carbonyl (C=O) groups excluding carboxylic acids is 1. The first kappa shape index (κ1) is 15.8. The van der Waals surface area contributed by atoms with Crippen LogP contribution in [0, 0.1) is 0 Å². The van der Waals surface area contributed by atoms with Gasteiger partial charge in [0.15, 0.2) is 0 Å². The van der Waals surface area contributed by atoms with Crippen molar-refractivity contribution in [1.29, 1.82) is 0 Å². The number of nitrogens with zero attached hydrogens (tertiary/aromatic N) is 1. The molecule has 1 amide bonds. The van der Waals surface area contributed by atoms with Crippen LogP contribution >= 0.6 is 0 Å². The summed E-state index contributed by atoms with van der Waals surface area (Å²) in [6.07, 6.45) is -0.319. The lowest BCUT2D eigenvalue weighted by Crippen LogP contribution is -2.39. The summed E-state index contributed by atoms with van der Waals surface area (Å²) in [6.45, 7) is 12.5. The van der Waals surface area contributed by atoms with Gasteiger partial charge in [-0.15, -0.1) is 0 Å². The van der Waals surface area contributed by atoms with Gasteiger partial charge in [-0.1, -0.05) is 37.0 Å². The second-order valence-corrected chi connectivity index (χ2v) is 11.9. The highest BCUT2D eigenvalue weighted by Gasteiger charge is 2.22. The van der Waals surface area contributed by atoms with Crippen LogP contribution in [-0.2, 0) is 4.74 Å². The van der Waals surface area contributed by atoms with Gasteiger partial charge in [0.25, 0.3) is 0 Å². The molecule has 0 aliphatic heterocycles. The third kappa shape index (κ3) is 4.71. The van der Waals surface area contributed by atoms with Gasteiger partial charge in [-0.3, -0.25) is 4.90 Å². The van der Waals surface area contributed by atoms with E-state index in [1.807, 2.05) is 32.9 Å². The Balaban J connectivity index is 2.95. The zero-order valence-electron chi connectivity index (χ0n) is 13.1. The van der Waals surface area contributed by atoms with Crippen LogP contribution in [0.25, 0.3) is 0 Å². The van der Waals surface area contributed by atoms with E-state index in [4.69, 9.17) is 4.74 Å². The number of rotatable bonds is 2. The van der Waals surface area contributed by atoms with E-state index in [0.29, 0.717) is 0 Å². The van der Waals surface area contributed by atoms with Crippen LogP contribution in [-0.4, -0.2) is 26.8 Å². The van der Waals surface area contributed by atoms with Gasteiger partial charge in [0.05, 0.1) is 8.07 Å². The van der Waals surface area contributed by atoms with Gasteiger partial charge < -0.3 is 4.74 Å². The van der Waals surface area contributed by atoms with Crippen molar-refractivity contribution in [2.45, 2.75) is 46.0 Å². The highest BCUT2D eigenvalue weighted by Crippen LogP contribution is 2.17. The van der Waals surface area contributed by atoms with Gasteiger partial charge in [0, 0.05) is 12.7 Å². The Morgan fingerprint density at radius 3 is 2.26 bits per heavy atom. The molecule has 0 saturated carbocycles. The molecule has 0 bridgehead atoms. The van der Waals surface area contributed by atoms with Gasteiger partial charge >= 0.3 is 6.09 Å². The number of benzene rings is 1. The number of carbonyl (C=O) groups is 1. The molecule has 0 radical (unpaired) electrons. The van der Waals surface area contributed by atoms with Crippen molar-refractivity contribution in [1.82, 2.24) is 0 Å². The number of hydrogen-bond donors (Lipinski definition) is 0. The molecular formula is C15H25NO2Si. The van der Waals surface area contributed by atoms with Gasteiger partial charge in [0.2, 0.25) is 0 Å². The molecule has 0 saturated heterocycles. The van der Waals surface area contributed by atoms with Crippen molar-refractivity contribution < 1.29 is 9.53 Å². The van der Waals surface area contributed by atoms with Crippen LogP contribution in [0.2, 0.25) is 19.6 Å². The molecule has 0 atom stereocenters. The quantitative estimate of drug-likeness (QED) is 0.774. The fourth-order valence-corrected chi connectivity index (χ4v) is 2.79. The maximum absolute atomic E-state index is 12.0. The van der Waals surface area contributed by atoms with E-state index >= 15 is 0 Å². The highest BCUT2D eigenvalue weighted by molar-refractivity contribution is 6.88. The second kappa shape index (κ2) is 5.37. The Morgan fingerprint density at radius 2 is 1.79 bits per heavy atom. The molecule has 0 unspecified atom stereocenters. The van der Waals surface area contributed by atoms with Crippen molar-refractivity contribution in [2.24, 2.45) is 0 Å². The summed E-state index contributed by atoms with van der Waals surface area (Å²) >= 11 is 0. The molecule has 4 heteroatoms. The maximum atomic E-state index is 12.0. The molecule has 3 nitrogen and oxygen atoms in total. The van der Waals surface area contributed by atoms with Crippen LogP contribution in [0.1, 0.15) is 20.8 Å². The predicted molar refractivity (Wildman–Crippen MR) is 84.1 cm³/mol.